The fourth-order valence-electron chi connectivity index (χ4n) is 0.387. The zero-order chi connectivity index (χ0) is 5.70. The summed E-state index contributed by atoms with van der Waals surface area (Å²) in [7, 11) is 0. The van der Waals surface area contributed by atoms with Crippen LogP contribution in [0, 0.1) is 0 Å². The van der Waals surface area contributed by atoms with Gasteiger partial charge in [0.15, 0.2) is 6.29 Å². The van der Waals surface area contributed by atoms with Crippen LogP contribution in [0.5, 0.6) is 0 Å². The van der Waals surface area contributed by atoms with Crippen molar-refractivity contribution in [2.75, 3.05) is 0 Å². The molecule has 0 aliphatic rings. The molecule has 0 fully saturated rings. The molecule has 0 aromatic carbocycles. The Morgan fingerprint density at radius 1 is 1.38 bits per heavy atom. The third kappa shape index (κ3) is 9.30. The second-order valence-corrected chi connectivity index (χ2v) is 1.62. The van der Waals surface area contributed by atoms with Gasteiger partial charge in [0.25, 0.3) is 0 Å². The monoisotopic (exact) mass is 120 g/mol. The van der Waals surface area contributed by atoms with Gasteiger partial charge in [0, 0.05) is 5.48 Å². The molecule has 0 spiro atoms. The zero-order valence-electron chi connectivity index (χ0n) is 5.00. The molecule has 0 amide bonds. The van der Waals surface area contributed by atoms with E-state index in [0.717, 1.165) is 12.8 Å². The van der Waals surface area contributed by atoms with E-state index in [1.165, 1.54) is 0 Å². The molecule has 0 aliphatic heterocycles. The van der Waals surface area contributed by atoms with Gasteiger partial charge in [-0.05, 0) is 12.8 Å². The second kappa shape index (κ2) is 6.88. The van der Waals surface area contributed by atoms with Gasteiger partial charge in [-0.15, -0.1) is 0 Å². The maximum absolute atomic E-state index is 8.24. The Labute approximate surface area is 49.3 Å². The molecule has 50 valence electrons. The van der Waals surface area contributed by atoms with Crippen LogP contribution in [0.2, 0.25) is 0 Å². The van der Waals surface area contributed by atoms with Crippen LogP contribution >= 0.6 is 0 Å². The molecule has 0 rings (SSSR count). The zero-order valence-corrected chi connectivity index (χ0v) is 5.00. The van der Waals surface area contributed by atoms with Crippen LogP contribution in [0.25, 0.3) is 0 Å². The van der Waals surface area contributed by atoms with E-state index in [9.17, 15) is 0 Å². The van der Waals surface area contributed by atoms with Crippen LogP contribution < -0.4 is 0 Å². The Morgan fingerprint density at radius 2 is 1.88 bits per heavy atom. The van der Waals surface area contributed by atoms with E-state index in [2.05, 4.69) is 0 Å². The Hall–Kier alpha value is -0.120. The van der Waals surface area contributed by atoms with Gasteiger partial charge >= 0.3 is 0 Å². The minimum atomic E-state index is -1.10. The summed E-state index contributed by atoms with van der Waals surface area (Å²) in [5.41, 5.74) is 0. The number of aliphatic hydroxyl groups is 2. The van der Waals surface area contributed by atoms with Crippen LogP contribution in [-0.2, 0) is 5.48 Å². The lowest BCUT2D eigenvalue weighted by atomic mass is 10.2. The Morgan fingerprint density at radius 3 is 2.00 bits per heavy atom. The smallest absolute Gasteiger partial charge is 0.151 e. The topological polar surface area (TPSA) is 69.0 Å². The Kier molecular flexibility index (Phi) is 9.28. The fourth-order valence-corrected chi connectivity index (χ4v) is 0.387. The minimum Gasteiger partial charge on any atom is -0.368 e. The predicted octanol–water partition coefficient (Wildman–Crippen LogP) is 0.368. The summed E-state index contributed by atoms with van der Waals surface area (Å²) in [6.07, 6.45) is 1.34. The van der Waals surface area contributed by atoms with Gasteiger partial charge in [0.05, 0.1) is 0 Å². The van der Waals surface area contributed by atoms with Crippen molar-refractivity contribution in [2.24, 2.45) is 0 Å². The van der Waals surface area contributed by atoms with Crippen LogP contribution in [0.1, 0.15) is 26.2 Å². The molecular weight excluding hydrogens is 108 g/mol. The summed E-state index contributed by atoms with van der Waals surface area (Å²) in [5.74, 6) is 0. The highest BCUT2D eigenvalue weighted by atomic mass is 16.5. The summed E-state index contributed by atoms with van der Waals surface area (Å²) in [6.45, 7) is 2.02. The van der Waals surface area contributed by atoms with Crippen molar-refractivity contribution in [3.63, 3.8) is 0 Å². The van der Waals surface area contributed by atoms with Gasteiger partial charge in [0.2, 0.25) is 0 Å². The lowest BCUT2D eigenvalue weighted by molar-refractivity contribution is -0.0463. The predicted molar refractivity (Wildman–Crippen MR) is 28.4 cm³/mol. The molecule has 2 N–H and O–H groups in total. The summed E-state index contributed by atoms with van der Waals surface area (Å²) in [4.78, 5) is 0. The highest BCUT2D eigenvalue weighted by Crippen LogP contribution is 1.95. The van der Waals surface area contributed by atoms with Crippen molar-refractivity contribution in [1.82, 2.24) is 0 Å². The number of hydrogen-bond acceptors (Lipinski definition) is 2. The second-order valence-electron chi connectivity index (χ2n) is 1.62. The molecular formula is C5H12O3. The first-order chi connectivity index (χ1) is 3.27. The van der Waals surface area contributed by atoms with E-state index >= 15 is 0 Å². The maximum atomic E-state index is 8.24. The Balaban J connectivity index is 0. The van der Waals surface area contributed by atoms with Crippen LogP contribution in [0.15, 0.2) is 0 Å². The van der Waals surface area contributed by atoms with Crippen molar-refractivity contribution in [3.8, 4) is 0 Å². The van der Waals surface area contributed by atoms with E-state index < -0.39 is 6.29 Å². The van der Waals surface area contributed by atoms with Crippen LogP contribution in [0.3, 0.4) is 0 Å². The lowest BCUT2D eigenvalue weighted by Crippen LogP contribution is -2.02. The molecule has 3 heteroatoms. The van der Waals surface area contributed by atoms with E-state index in [0.29, 0.717) is 6.42 Å². The van der Waals surface area contributed by atoms with Gasteiger partial charge in [0.1, 0.15) is 0 Å². The van der Waals surface area contributed by atoms with Crippen molar-refractivity contribution in [3.05, 3.63) is 0 Å². The molecule has 0 aromatic heterocycles. The van der Waals surface area contributed by atoms with Gasteiger partial charge in [-0.3, -0.25) is 0 Å². The van der Waals surface area contributed by atoms with Crippen molar-refractivity contribution in [2.45, 2.75) is 32.5 Å². The first-order valence-corrected chi connectivity index (χ1v) is 2.63. The molecule has 2 radical (unpaired) electrons. The maximum Gasteiger partial charge on any atom is 0.151 e. The number of aliphatic hydroxyl groups excluding tert-OH is 1. The molecule has 8 heavy (non-hydrogen) atoms. The van der Waals surface area contributed by atoms with E-state index in [-0.39, 0.29) is 5.48 Å². The largest absolute Gasteiger partial charge is 0.368 e. The van der Waals surface area contributed by atoms with E-state index in [4.69, 9.17) is 10.2 Å². The van der Waals surface area contributed by atoms with E-state index in [1.54, 1.807) is 0 Å². The highest BCUT2D eigenvalue weighted by Gasteiger charge is 1.92. The number of unbranched alkanes of at least 4 members (excludes halogenated alkanes) is 1. The van der Waals surface area contributed by atoms with Crippen molar-refractivity contribution in [1.29, 1.82) is 0 Å². The molecule has 0 unspecified atom stereocenters. The standard InChI is InChI=1S/C5H12O2.O/c1-2-3-4-5(6)7;/h5-7H,2-4H2,1H3;. The van der Waals surface area contributed by atoms with E-state index in [1.807, 2.05) is 6.92 Å². The van der Waals surface area contributed by atoms with Gasteiger partial charge in [-0.25, -0.2) is 0 Å². The summed E-state index contributed by atoms with van der Waals surface area (Å²) < 4.78 is 0. The van der Waals surface area contributed by atoms with Gasteiger partial charge in [-0.2, -0.15) is 0 Å². The van der Waals surface area contributed by atoms with Gasteiger partial charge < -0.3 is 10.2 Å². The SMILES string of the molecule is CCCCC(O)O.[O]. The van der Waals surface area contributed by atoms with Gasteiger partial charge in [-0.1, -0.05) is 13.3 Å². The fraction of sp³-hybridized carbons (Fsp3) is 1.00. The van der Waals surface area contributed by atoms with Crippen molar-refractivity contribution >= 4 is 0 Å². The molecule has 0 bridgehead atoms. The van der Waals surface area contributed by atoms with Crippen molar-refractivity contribution < 1.29 is 15.7 Å². The molecule has 0 atom stereocenters. The average molecular weight is 120 g/mol. The molecule has 0 saturated heterocycles. The first-order valence-electron chi connectivity index (χ1n) is 2.63. The number of hydrogen-bond donors (Lipinski definition) is 2. The Bertz CT molecular complexity index is 36.7. The lowest BCUT2D eigenvalue weighted by Gasteiger charge is -1.97. The first kappa shape index (κ1) is 10.8. The summed E-state index contributed by atoms with van der Waals surface area (Å²) >= 11 is 0. The molecule has 0 aliphatic carbocycles. The third-order valence-corrected chi connectivity index (χ3v) is 0.816. The van der Waals surface area contributed by atoms with Crippen LogP contribution in [-0.4, -0.2) is 16.5 Å². The quantitative estimate of drug-likeness (QED) is 0.528. The molecule has 0 heterocycles. The normalized spacial score (nSPS) is 9.00. The third-order valence-electron chi connectivity index (χ3n) is 0.816. The minimum absolute atomic E-state index is 0. The molecule has 3 nitrogen and oxygen atoms in total. The average Bonchev–Trinajstić information content (AvgIpc) is 1.61. The van der Waals surface area contributed by atoms with Crippen LogP contribution in [0.4, 0.5) is 0 Å². The molecule has 0 saturated carbocycles. The highest BCUT2D eigenvalue weighted by molar-refractivity contribution is 4.36. The summed E-state index contributed by atoms with van der Waals surface area (Å²) in [6, 6.07) is 0. The number of rotatable bonds is 3. The summed E-state index contributed by atoms with van der Waals surface area (Å²) in [5, 5.41) is 16.5. The molecule has 0 aromatic rings.